The molecule has 2 aromatic rings. The van der Waals surface area contributed by atoms with Gasteiger partial charge in [-0.25, -0.2) is 0 Å². The molecule has 0 saturated carbocycles. The lowest BCUT2D eigenvalue weighted by Crippen LogP contribution is -2.43. The number of hydrogen-bond acceptors (Lipinski definition) is 2. The number of benzene rings is 1. The fourth-order valence-corrected chi connectivity index (χ4v) is 3.51. The molecule has 0 radical (unpaired) electrons. The fourth-order valence-electron chi connectivity index (χ4n) is 3.51. The summed E-state index contributed by atoms with van der Waals surface area (Å²) in [5, 5.41) is 4.89. The molecular weight excluding hydrogens is 270 g/mol. The fraction of sp³-hybridized carbons (Fsp3) is 0.579. The van der Waals surface area contributed by atoms with Gasteiger partial charge in [0, 0.05) is 49.8 Å². The van der Waals surface area contributed by atoms with Crippen LogP contribution in [-0.4, -0.2) is 42.2 Å². The van der Waals surface area contributed by atoms with Crippen LogP contribution < -0.4 is 5.32 Å². The van der Waals surface area contributed by atoms with Crippen LogP contribution in [0, 0.1) is 13.8 Å². The van der Waals surface area contributed by atoms with E-state index in [1.807, 2.05) is 0 Å². The molecule has 1 aliphatic heterocycles. The van der Waals surface area contributed by atoms with E-state index in [9.17, 15) is 0 Å². The zero-order chi connectivity index (χ0) is 15.5. The summed E-state index contributed by atoms with van der Waals surface area (Å²) < 4.78 is 2.40. The number of aryl methyl sites for hydroxylation is 4. The second kappa shape index (κ2) is 6.84. The van der Waals surface area contributed by atoms with Gasteiger partial charge in [-0.05, 0) is 69.0 Å². The van der Waals surface area contributed by atoms with Gasteiger partial charge in [0.25, 0.3) is 0 Å². The Morgan fingerprint density at radius 1 is 1.09 bits per heavy atom. The van der Waals surface area contributed by atoms with E-state index in [1.165, 1.54) is 60.1 Å². The van der Waals surface area contributed by atoms with Crippen molar-refractivity contribution in [3.8, 4) is 0 Å². The minimum Gasteiger partial charge on any atom is -0.347 e. The molecule has 1 aromatic carbocycles. The maximum atomic E-state index is 3.42. The van der Waals surface area contributed by atoms with Crippen LogP contribution in [0.5, 0.6) is 0 Å². The van der Waals surface area contributed by atoms with Gasteiger partial charge < -0.3 is 14.8 Å². The van der Waals surface area contributed by atoms with Crippen molar-refractivity contribution in [3.63, 3.8) is 0 Å². The number of nitrogens with one attached hydrogen (secondary N) is 1. The Balaban J connectivity index is 1.74. The smallest absolute Gasteiger partial charge is 0.0485 e. The van der Waals surface area contributed by atoms with E-state index in [-0.39, 0.29) is 0 Å². The third-order valence-electron chi connectivity index (χ3n) is 5.05. The third kappa shape index (κ3) is 3.21. The molecule has 0 unspecified atom stereocenters. The first-order valence-electron chi connectivity index (χ1n) is 8.71. The molecule has 120 valence electrons. The van der Waals surface area contributed by atoms with Crippen LogP contribution >= 0.6 is 0 Å². The third-order valence-corrected chi connectivity index (χ3v) is 5.05. The quantitative estimate of drug-likeness (QED) is 0.915. The minimum absolute atomic E-state index is 1.05. The Kier molecular flexibility index (Phi) is 4.84. The Bertz CT molecular complexity index is 636. The lowest BCUT2D eigenvalue weighted by Gasteiger charge is -2.26. The van der Waals surface area contributed by atoms with Gasteiger partial charge in [-0.15, -0.1) is 0 Å². The molecule has 0 amide bonds. The van der Waals surface area contributed by atoms with Gasteiger partial charge in [-0.2, -0.15) is 0 Å². The summed E-state index contributed by atoms with van der Waals surface area (Å²) in [6.07, 6.45) is 4.83. The summed E-state index contributed by atoms with van der Waals surface area (Å²) in [6, 6.07) is 4.74. The molecule has 22 heavy (non-hydrogen) atoms. The van der Waals surface area contributed by atoms with Crippen molar-refractivity contribution in [1.29, 1.82) is 0 Å². The molecule has 0 atom stereocenters. The van der Waals surface area contributed by atoms with Crippen molar-refractivity contribution in [2.75, 3.05) is 32.7 Å². The maximum Gasteiger partial charge on any atom is 0.0485 e. The van der Waals surface area contributed by atoms with E-state index in [0.717, 1.165) is 19.6 Å². The zero-order valence-electron chi connectivity index (χ0n) is 14.3. The van der Waals surface area contributed by atoms with Crippen molar-refractivity contribution >= 4 is 10.9 Å². The molecule has 1 aliphatic rings. The van der Waals surface area contributed by atoms with E-state index in [0.29, 0.717) is 0 Å². The van der Waals surface area contributed by atoms with Crippen molar-refractivity contribution in [3.05, 3.63) is 35.0 Å². The highest BCUT2D eigenvalue weighted by Gasteiger charge is 2.12. The van der Waals surface area contributed by atoms with Crippen LogP contribution in [0.15, 0.2) is 18.3 Å². The molecule has 1 saturated heterocycles. The average Bonchev–Trinajstić information content (AvgIpc) is 2.86. The first kappa shape index (κ1) is 15.6. The van der Waals surface area contributed by atoms with Crippen molar-refractivity contribution in [1.82, 2.24) is 14.8 Å². The van der Waals surface area contributed by atoms with Gasteiger partial charge in [0.15, 0.2) is 0 Å². The largest absolute Gasteiger partial charge is 0.347 e. The van der Waals surface area contributed by atoms with E-state index in [2.05, 4.69) is 53.9 Å². The van der Waals surface area contributed by atoms with Gasteiger partial charge >= 0.3 is 0 Å². The second-order valence-electron chi connectivity index (χ2n) is 6.59. The summed E-state index contributed by atoms with van der Waals surface area (Å²) in [6.45, 7) is 13.7. The van der Waals surface area contributed by atoms with Gasteiger partial charge in [0.05, 0.1) is 0 Å². The van der Waals surface area contributed by atoms with E-state index in [1.54, 1.807) is 0 Å². The molecule has 3 heteroatoms. The van der Waals surface area contributed by atoms with Crippen molar-refractivity contribution in [2.24, 2.45) is 0 Å². The highest BCUT2D eigenvalue weighted by Crippen LogP contribution is 2.26. The highest BCUT2D eigenvalue weighted by molar-refractivity contribution is 5.85. The van der Waals surface area contributed by atoms with E-state index >= 15 is 0 Å². The Morgan fingerprint density at radius 2 is 1.82 bits per heavy atom. The molecule has 0 aliphatic carbocycles. The van der Waals surface area contributed by atoms with Crippen LogP contribution in [-0.2, 0) is 13.0 Å². The number of fused-ring (bicyclic) bond motifs is 1. The minimum atomic E-state index is 1.05. The summed E-state index contributed by atoms with van der Waals surface area (Å²) in [5.41, 5.74) is 5.73. The number of rotatable bonds is 5. The molecule has 1 N–H and O–H groups in total. The van der Waals surface area contributed by atoms with Crippen LogP contribution in [0.25, 0.3) is 10.9 Å². The van der Waals surface area contributed by atoms with Crippen LogP contribution in [0.1, 0.15) is 30.0 Å². The maximum absolute atomic E-state index is 3.42. The summed E-state index contributed by atoms with van der Waals surface area (Å²) in [5.74, 6) is 0. The summed E-state index contributed by atoms with van der Waals surface area (Å²) in [7, 11) is 0. The van der Waals surface area contributed by atoms with Crippen molar-refractivity contribution < 1.29 is 0 Å². The topological polar surface area (TPSA) is 20.2 Å². The highest BCUT2D eigenvalue weighted by atomic mass is 15.2. The van der Waals surface area contributed by atoms with Crippen LogP contribution in [0.4, 0.5) is 0 Å². The van der Waals surface area contributed by atoms with Gasteiger partial charge in [0.2, 0.25) is 0 Å². The molecular formula is C19H29N3. The second-order valence-corrected chi connectivity index (χ2v) is 6.59. The first-order chi connectivity index (χ1) is 10.7. The summed E-state index contributed by atoms with van der Waals surface area (Å²) >= 11 is 0. The molecule has 3 nitrogen and oxygen atoms in total. The number of nitrogens with zero attached hydrogens (tertiary/aromatic N) is 2. The molecule has 1 fully saturated rings. The SMILES string of the molecule is CCn1cc(CCCN2CCNCC2)c2cc(C)c(C)cc21. The van der Waals surface area contributed by atoms with E-state index < -0.39 is 0 Å². The van der Waals surface area contributed by atoms with Gasteiger partial charge in [0.1, 0.15) is 0 Å². The van der Waals surface area contributed by atoms with E-state index in [4.69, 9.17) is 0 Å². The monoisotopic (exact) mass is 299 g/mol. The first-order valence-corrected chi connectivity index (χ1v) is 8.71. The molecule has 3 rings (SSSR count). The molecule has 0 bridgehead atoms. The van der Waals surface area contributed by atoms with Gasteiger partial charge in [-0.1, -0.05) is 0 Å². The lowest BCUT2D eigenvalue weighted by molar-refractivity contribution is 0.238. The predicted octanol–water partition coefficient (Wildman–Crippen LogP) is 3.12. The van der Waals surface area contributed by atoms with Crippen LogP contribution in [0.2, 0.25) is 0 Å². The Hall–Kier alpha value is -1.32. The molecule has 0 spiro atoms. The van der Waals surface area contributed by atoms with Crippen molar-refractivity contribution in [2.45, 2.75) is 40.2 Å². The number of aromatic nitrogens is 1. The standard InChI is InChI=1S/C19H29N3/c1-4-22-14-17(6-5-9-21-10-7-20-8-11-21)18-12-15(2)16(3)13-19(18)22/h12-14,20H,4-11H2,1-3H3. The number of piperazine rings is 1. The van der Waals surface area contributed by atoms with Gasteiger partial charge in [-0.3, -0.25) is 0 Å². The molecule has 2 heterocycles. The lowest BCUT2D eigenvalue weighted by atomic mass is 10.0. The molecule has 1 aromatic heterocycles. The zero-order valence-corrected chi connectivity index (χ0v) is 14.3. The van der Waals surface area contributed by atoms with Crippen LogP contribution in [0.3, 0.4) is 0 Å². The normalized spacial score (nSPS) is 16.5. The average molecular weight is 299 g/mol. The predicted molar refractivity (Wildman–Crippen MR) is 94.7 cm³/mol. The number of hydrogen-bond donors (Lipinski definition) is 1. The summed E-state index contributed by atoms with van der Waals surface area (Å²) in [4.78, 5) is 2.59. The Labute approximate surface area is 134 Å². The Morgan fingerprint density at radius 3 is 2.55 bits per heavy atom.